The lowest BCUT2D eigenvalue weighted by Gasteiger charge is -2.29. The van der Waals surface area contributed by atoms with Gasteiger partial charge in [0.2, 0.25) is 27.4 Å². The van der Waals surface area contributed by atoms with Crippen LogP contribution in [0.1, 0.15) is 105 Å². The van der Waals surface area contributed by atoms with E-state index in [9.17, 15) is 27.6 Å². The number of carbonyl (C=O) groups excluding carboxylic acids is 4. The number of nitrogens with zero attached hydrogens (tertiary/aromatic N) is 3. The van der Waals surface area contributed by atoms with Crippen LogP contribution in [-0.2, 0) is 33.9 Å². The van der Waals surface area contributed by atoms with Crippen LogP contribution in [0.3, 0.4) is 0 Å². The van der Waals surface area contributed by atoms with Crippen LogP contribution < -0.4 is 14.2 Å². The van der Waals surface area contributed by atoms with Crippen molar-refractivity contribution in [1.82, 2.24) is 19.6 Å². The zero-order valence-corrected chi connectivity index (χ0v) is 36.9. The Hall–Kier alpha value is -5.31. The predicted octanol–water partition coefficient (Wildman–Crippen LogP) is 7.62. The van der Waals surface area contributed by atoms with E-state index in [1.54, 1.807) is 20.8 Å². The summed E-state index contributed by atoms with van der Waals surface area (Å²) in [6, 6.07) is 13.9. The molecule has 2 aromatic heterocycles. The largest absolute Gasteiger partial charge is 0.491 e. The summed E-state index contributed by atoms with van der Waals surface area (Å²) in [6.07, 6.45) is 7.48. The smallest absolute Gasteiger partial charge is 0.307 e. The molecule has 2 aliphatic heterocycles. The van der Waals surface area contributed by atoms with E-state index in [1.165, 1.54) is 4.90 Å². The summed E-state index contributed by atoms with van der Waals surface area (Å²) in [6.45, 7) is 9.21. The van der Waals surface area contributed by atoms with Crippen molar-refractivity contribution in [3.63, 3.8) is 0 Å². The highest BCUT2D eigenvalue weighted by atomic mass is 32.2. The summed E-state index contributed by atoms with van der Waals surface area (Å²) in [4.78, 5) is 68.1. The molecule has 4 aliphatic rings. The molecule has 2 saturated carbocycles. The van der Waals surface area contributed by atoms with Gasteiger partial charge in [0, 0.05) is 29.7 Å². The molecule has 5 atom stereocenters. The van der Waals surface area contributed by atoms with Gasteiger partial charge in [-0.2, -0.15) is 4.98 Å². The molecular formula is C47H56N4O10S. The number of para-hydroxylation sites is 1. The van der Waals surface area contributed by atoms with Gasteiger partial charge in [-0.05, 0) is 115 Å². The van der Waals surface area contributed by atoms with Gasteiger partial charge in [0.15, 0.2) is 11.6 Å². The maximum absolute atomic E-state index is 14.8. The number of hydrogen-bond acceptors (Lipinski definition) is 12. The number of benzene rings is 2. The van der Waals surface area contributed by atoms with E-state index in [0.29, 0.717) is 65.9 Å². The Bertz CT molecular complexity index is 2500. The number of furan rings is 1. The number of allylic oxidation sites excluding steroid dienone is 2. The maximum Gasteiger partial charge on any atom is 0.307 e. The van der Waals surface area contributed by atoms with E-state index in [2.05, 4.69) is 4.72 Å². The number of nitrogens with one attached hydrogen (secondary N) is 1. The van der Waals surface area contributed by atoms with Crippen LogP contribution in [-0.4, -0.2) is 82.5 Å². The number of aromatic nitrogens is 2. The monoisotopic (exact) mass is 868 g/mol. The minimum absolute atomic E-state index is 0.00793. The van der Waals surface area contributed by atoms with Crippen molar-refractivity contribution in [3.8, 4) is 23.0 Å². The Morgan fingerprint density at radius 3 is 2.48 bits per heavy atom. The Morgan fingerprint density at radius 1 is 1.00 bits per heavy atom. The maximum atomic E-state index is 14.8. The first-order chi connectivity index (χ1) is 29.5. The number of rotatable bonds is 10. The molecule has 15 heteroatoms. The van der Waals surface area contributed by atoms with Crippen LogP contribution >= 0.6 is 0 Å². The van der Waals surface area contributed by atoms with Gasteiger partial charge in [0.25, 0.3) is 5.88 Å². The van der Waals surface area contributed by atoms with Gasteiger partial charge < -0.3 is 23.5 Å². The third-order valence-corrected chi connectivity index (χ3v) is 13.9. The standard InChI is InChI=1S/C47H56N4O10S/c1-28(2)58-32-19-17-29(18-20-32)42-48-40-35-15-11-12-16-38(35)60-41(40)43(49-42)59-33-24-36-37(52)26-47(45(55)50-62(56,57)34-21-22-34)25-31(47)14-10-8-6-7-9-13-30(44(54)51(36)27-33)23-39(53)61-46(3,4)5/h10-12,14-20,28,30-31,33-34,36H,6-9,13,21-27H2,1-5H3,(H,50,55)/b14-10-/t30-,31+,33-,36+,47-/m1/s1. The Labute approximate surface area is 362 Å². The van der Waals surface area contributed by atoms with Gasteiger partial charge in [-0.25, -0.2) is 13.4 Å². The number of ketones is 1. The summed E-state index contributed by atoms with van der Waals surface area (Å²) < 4.78 is 52.8. The van der Waals surface area contributed by atoms with E-state index < -0.39 is 56.2 Å². The van der Waals surface area contributed by atoms with Gasteiger partial charge >= 0.3 is 5.97 Å². The molecule has 2 aliphatic carbocycles. The number of sulfonamides is 1. The summed E-state index contributed by atoms with van der Waals surface area (Å²) in [5.41, 5.74) is 0.0728. The molecular weight excluding hydrogens is 813 g/mol. The van der Waals surface area contributed by atoms with E-state index in [1.807, 2.05) is 74.5 Å². The highest BCUT2D eigenvalue weighted by molar-refractivity contribution is 7.90. The molecule has 2 aromatic carbocycles. The first kappa shape index (κ1) is 43.3. The molecule has 330 valence electrons. The van der Waals surface area contributed by atoms with E-state index in [0.717, 1.165) is 24.6 Å². The summed E-state index contributed by atoms with van der Waals surface area (Å²) in [5.74, 6) is -1.87. The first-order valence-electron chi connectivity index (χ1n) is 21.9. The molecule has 62 heavy (non-hydrogen) atoms. The molecule has 0 radical (unpaired) electrons. The normalized spacial score (nSPS) is 25.4. The fraction of sp³-hybridized carbons (Fsp3) is 0.532. The minimum Gasteiger partial charge on any atom is -0.491 e. The van der Waals surface area contributed by atoms with Crippen molar-refractivity contribution >= 4 is 55.7 Å². The lowest BCUT2D eigenvalue weighted by Crippen LogP contribution is -2.46. The molecule has 1 saturated heterocycles. The van der Waals surface area contributed by atoms with Crippen LogP contribution in [0.2, 0.25) is 0 Å². The second kappa shape index (κ2) is 17.1. The topological polar surface area (TPSA) is 184 Å². The third-order valence-electron chi connectivity index (χ3n) is 12.1. The molecule has 0 spiro atoms. The summed E-state index contributed by atoms with van der Waals surface area (Å²) in [7, 11) is -3.88. The lowest BCUT2D eigenvalue weighted by atomic mass is 9.90. The van der Waals surface area contributed by atoms with E-state index in [4.69, 9.17) is 28.6 Å². The zero-order chi connectivity index (χ0) is 44.0. The summed E-state index contributed by atoms with van der Waals surface area (Å²) in [5, 5.41) is 0.139. The second-order valence-electron chi connectivity index (χ2n) is 18.6. The van der Waals surface area contributed by atoms with Crippen molar-refractivity contribution in [2.75, 3.05) is 6.54 Å². The average Bonchev–Trinajstić information content (AvgIpc) is 4.11. The first-order valence-corrected chi connectivity index (χ1v) is 23.4. The number of hydrogen-bond donors (Lipinski definition) is 1. The molecule has 1 N–H and O–H groups in total. The SMILES string of the molecule is CC(C)Oc1ccc(-c2nc(O[C@@H]3C[C@H]4C(=O)C[C@]5(C(=O)NS(=O)(=O)C6CC6)C[C@@H]5/C=C\CCCCC[C@H](CC(=O)OC(C)(C)C)C(=O)N4C3)c3oc4ccccc4c3n2)cc1. The molecule has 3 fully saturated rings. The Kier molecular flexibility index (Phi) is 12.0. The number of Topliss-reactive ketones (excluding diaryl/α,β-unsaturated/α-hetero) is 1. The molecule has 14 nitrogen and oxygen atoms in total. The van der Waals surface area contributed by atoms with Gasteiger partial charge in [-0.15, -0.1) is 0 Å². The second-order valence-corrected chi connectivity index (χ2v) is 20.6. The van der Waals surface area contributed by atoms with E-state index >= 15 is 0 Å². The number of fused-ring (bicyclic) bond motifs is 5. The van der Waals surface area contributed by atoms with Crippen LogP contribution in [0.5, 0.6) is 11.6 Å². The fourth-order valence-electron chi connectivity index (χ4n) is 8.79. The molecule has 0 bridgehead atoms. The Balaban J connectivity index is 1.14. The van der Waals surface area contributed by atoms with E-state index in [-0.39, 0.29) is 55.4 Å². The van der Waals surface area contributed by atoms with Crippen LogP contribution in [0.4, 0.5) is 0 Å². The fourth-order valence-corrected chi connectivity index (χ4v) is 10.2. The van der Waals surface area contributed by atoms with Crippen LogP contribution in [0, 0.1) is 17.3 Å². The van der Waals surface area contributed by atoms with Gasteiger partial charge in [-0.1, -0.05) is 37.1 Å². The quantitative estimate of drug-likeness (QED) is 0.122. The van der Waals surface area contributed by atoms with Crippen molar-refractivity contribution in [3.05, 3.63) is 60.7 Å². The molecule has 2 amide bonds. The minimum atomic E-state index is -3.88. The van der Waals surface area contributed by atoms with Crippen molar-refractivity contribution < 1.29 is 46.2 Å². The average molecular weight is 869 g/mol. The molecule has 8 rings (SSSR count). The number of amides is 2. The van der Waals surface area contributed by atoms with Crippen LogP contribution in [0.25, 0.3) is 33.5 Å². The number of esters is 1. The molecule has 4 aromatic rings. The van der Waals surface area contributed by atoms with Gasteiger partial charge in [0.05, 0.1) is 35.8 Å². The highest BCUT2D eigenvalue weighted by Gasteiger charge is 2.61. The zero-order valence-electron chi connectivity index (χ0n) is 36.1. The van der Waals surface area contributed by atoms with Gasteiger partial charge in [0.1, 0.15) is 28.6 Å². The Morgan fingerprint density at radius 2 is 1.76 bits per heavy atom. The van der Waals surface area contributed by atoms with Crippen LogP contribution in [0.15, 0.2) is 65.1 Å². The van der Waals surface area contributed by atoms with Crippen molar-refractivity contribution in [1.29, 1.82) is 0 Å². The van der Waals surface area contributed by atoms with Crippen molar-refractivity contribution in [2.45, 2.75) is 134 Å². The lowest BCUT2D eigenvalue weighted by molar-refractivity contribution is -0.159. The number of ether oxygens (including phenoxy) is 3. The molecule has 0 unspecified atom stereocenters. The van der Waals surface area contributed by atoms with Gasteiger partial charge in [-0.3, -0.25) is 23.9 Å². The van der Waals surface area contributed by atoms with Crippen molar-refractivity contribution in [2.24, 2.45) is 17.3 Å². The number of carbonyl (C=O) groups is 4. The highest BCUT2D eigenvalue weighted by Crippen LogP contribution is 2.57. The summed E-state index contributed by atoms with van der Waals surface area (Å²) >= 11 is 0. The third kappa shape index (κ3) is 9.52. The molecule has 4 heterocycles. The predicted molar refractivity (Wildman–Crippen MR) is 231 cm³/mol.